The fourth-order valence-electron chi connectivity index (χ4n) is 2.56. The van der Waals surface area contributed by atoms with E-state index in [-0.39, 0.29) is 0 Å². The summed E-state index contributed by atoms with van der Waals surface area (Å²) in [6, 6.07) is 6.13. The Morgan fingerprint density at radius 1 is 1.41 bits per heavy atom. The molecule has 4 nitrogen and oxygen atoms in total. The quantitative estimate of drug-likeness (QED) is 0.789. The van der Waals surface area contributed by atoms with Crippen LogP contribution in [0.2, 0.25) is 0 Å². The van der Waals surface area contributed by atoms with Gasteiger partial charge in [-0.1, -0.05) is 13.0 Å². The van der Waals surface area contributed by atoms with Crippen molar-refractivity contribution in [2.24, 2.45) is 0 Å². The number of rotatable bonds is 2. The third kappa shape index (κ3) is 1.82. The molecule has 2 aromatic heterocycles. The van der Waals surface area contributed by atoms with Crippen molar-refractivity contribution in [3.8, 4) is 0 Å². The predicted molar refractivity (Wildman–Crippen MR) is 67.2 cm³/mol. The summed E-state index contributed by atoms with van der Waals surface area (Å²) < 4.78 is 1.95. The Hall–Kier alpha value is -1.42. The van der Waals surface area contributed by atoms with E-state index in [1.165, 1.54) is 13.0 Å². The van der Waals surface area contributed by atoms with Crippen molar-refractivity contribution in [3.05, 3.63) is 29.7 Å². The van der Waals surface area contributed by atoms with E-state index in [9.17, 15) is 0 Å². The summed E-state index contributed by atoms with van der Waals surface area (Å²) in [6.07, 6.45) is 1.18. The first-order valence-corrected chi connectivity index (χ1v) is 6.32. The summed E-state index contributed by atoms with van der Waals surface area (Å²) in [4.78, 5) is 7.11. The first kappa shape index (κ1) is 10.7. The van der Waals surface area contributed by atoms with E-state index in [4.69, 9.17) is 0 Å². The topological polar surface area (TPSA) is 33.4 Å². The fourth-order valence-corrected chi connectivity index (χ4v) is 2.56. The van der Waals surface area contributed by atoms with Crippen LogP contribution in [-0.2, 0) is 0 Å². The van der Waals surface area contributed by atoms with Gasteiger partial charge >= 0.3 is 0 Å². The molecule has 17 heavy (non-hydrogen) atoms. The van der Waals surface area contributed by atoms with Crippen molar-refractivity contribution >= 4 is 5.65 Å². The van der Waals surface area contributed by atoms with E-state index >= 15 is 0 Å². The van der Waals surface area contributed by atoms with Gasteiger partial charge in [-0.3, -0.25) is 0 Å². The van der Waals surface area contributed by atoms with Crippen molar-refractivity contribution in [2.45, 2.75) is 26.2 Å². The first-order chi connectivity index (χ1) is 8.28. The smallest absolute Gasteiger partial charge is 0.156 e. The number of aryl methyl sites for hydroxylation is 1. The largest absolute Gasteiger partial charge is 0.303 e. The number of likely N-dealkylation sites (N-methyl/N-ethyl adjacent to an activating group) is 1. The van der Waals surface area contributed by atoms with Gasteiger partial charge in [0, 0.05) is 18.2 Å². The van der Waals surface area contributed by atoms with Crippen LogP contribution >= 0.6 is 0 Å². The molecule has 1 aliphatic heterocycles. The summed E-state index contributed by atoms with van der Waals surface area (Å²) in [5.74, 6) is 1.52. The summed E-state index contributed by atoms with van der Waals surface area (Å²) >= 11 is 0. The number of pyridine rings is 1. The third-order valence-electron chi connectivity index (χ3n) is 3.65. The van der Waals surface area contributed by atoms with Gasteiger partial charge in [-0.05, 0) is 38.6 Å². The second-order valence-electron chi connectivity index (χ2n) is 4.79. The van der Waals surface area contributed by atoms with E-state index in [2.05, 4.69) is 34.9 Å². The number of hydrogen-bond donors (Lipinski definition) is 0. The van der Waals surface area contributed by atoms with E-state index in [0.717, 1.165) is 30.3 Å². The molecule has 1 saturated heterocycles. The number of nitrogens with zero attached hydrogens (tertiary/aromatic N) is 4. The highest BCUT2D eigenvalue weighted by molar-refractivity contribution is 5.39. The molecule has 1 aliphatic rings. The molecule has 1 atom stereocenters. The summed E-state index contributed by atoms with van der Waals surface area (Å²) in [7, 11) is 0. The van der Waals surface area contributed by atoms with E-state index in [1.54, 1.807) is 0 Å². The zero-order chi connectivity index (χ0) is 11.8. The Labute approximate surface area is 101 Å². The van der Waals surface area contributed by atoms with Crippen molar-refractivity contribution < 1.29 is 0 Å². The number of fused-ring (bicyclic) bond motifs is 1. The third-order valence-corrected chi connectivity index (χ3v) is 3.65. The minimum absolute atomic E-state index is 0.509. The number of hydrogen-bond acceptors (Lipinski definition) is 3. The van der Waals surface area contributed by atoms with Crippen molar-refractivity contribution in [3.63, 3.8) is 0 Å². The lowest BCUT2D eigenvalue weighted by molar-refractivity contribution is 0.352. The molecule has 0 bridgehead atoms. The second-order valence-corrected chi connectivity index (χ2v) is 4.79. The molecular formula is C13H18N4. The molecule has 0 N–H and O–H groups in total. The highest BCUT2D eigenvalue weighted by Crippen LogP contribution is 2.24. The predicted octanol–water partition coefficient (Wildman–Crippen LogP) is 1.85. The highest BCUT2D eigenvalue weighted by atomic mass is 15.3. The average molecular weight is 230 g/mol. The Balaban J connectivity index is 1.94. The maximum Gasteiger partial charge on any atom is 0.156 e. The molecule has 0 spiro atoms. The summed E-state index contributed by atoms with van der Waals surface area (Å²) in [5, 5.41) is 4.64. The molecule has 0 aliphatic carbocycles. The maximum absolute atomic E-state index is 4.65. The molecule has 90 valence electrons. The molecule has 4 heteroatoms. The molecule has 3 rings (SSSR count). The fraction of sp³-hybridized carbons (Fsp3) is 0.538. The van der Waals surface area contributed by atoms with Crippen LogP contribution in [0.15, 0.2) is 18.2 Å². The standard InChI is InChI=1S/C13H18N4/c1-3-16-8-7-11(9-16)13-14-12-6-4-5-10(2)17(12)15-13/h4-6,11H,3,7-9H2,1-2H3. The Kier molecular flexibility index (Phi) is 2.59. The molecule has 3 heterocycles. The van der Waals surface area contributed by atoms with Gasteiger partial charge in [-0.15, -0.1) is 0 Å². The Bertz CT molecular complexity index is 531. The van der Waals surface area contributed by atoms with Crippen LogP contribution < -0.4 is 0 Å². The Morgan fingerprint density at radius 3 is 3.00 bits per heavy atom. The van der Waals surface area contributed by atoms with E-state index in [0.29, 0.717) is 5.92 Å². The van der Waals surface area contributed by atoms with Crippen LogP contribution in [0.5, 0.6) is 0 Å². The average Bonchev–Trinajstić information content (AvgIpc) is 2.95. The van der Waals surface area contributed by atoms with Crippen LogP contribution in [0.25, 0.3) is 5.65 Å². The van der Waals surface area contributed by atoms with Gasteiger partial charge in [0.2, 0.25) is 0 Å². The van der Waals surface area contributed by atoms with Crippen molar-refractivity contribution in [1.82, 2.24) is 19.5 Å². The first-order valence-electron chi connectivity index (χ1n) is 6.32. The van der Waals surface area contributed by atoms with Gasteiger partial charge in [-0.2, -0.15) is 5.10 Å². The van der Waals surface area contributed by atoms with Crippen LogP contribution in [0.3, 0.4) is 0 Å². The zero-order valence-electron chi connectivity index (χ0n) is 10.4. The van der Waals surface area contributed by atoms with Crippen LogP contribution in [0.1, 0.15) is 30.8 Å². The van der Waals surface area contributed by atoms with Crippen molar-refractivity contribution in [2.75, 3.05) is 19.6 Å². The molecular weight excluding hydrogens is 212 g/mol. The van der Waals surface area contributed by atoms with Gasteiger partial charge in [0.15, 0.2) is 11.5 Å². The van der Waals surface area contributed by atoms with Crippen LogP contribution in [-0.4, -0.2) is 39.1 Å². The summed E-state index contributed by atoms with van der Waals surface area (Å²) in [5.41, 5.74) is 2.11. The SMILES string of the molecule is CCN1CCC(c2nc3cccc(C)n3n2)C1. The minimum Gasteiger partial charge on any atom is -0.303 e. The van der Waals surface area contributed by atoms with Gasteiger partial charge in [0.25, 0.3) is 0 Å². The molecule has 1 unspecified atom stereocenters. The maximum atomic E-state index is 4.65. The molecule has 0 aromatic carbocycles. The highest BCUT2D eigenvalue weighted by Gasteiger charge is 2.26. The number of likely N-dealkylation sites (tertiary alicyclic amines) is 1. The van der Waals surface area contributed by atoms with Gasteiger partial charge in [0.1, 0.15) is 0 Å². The van der Waals surface area contributed by atoms with Gasteiger partial charge in [-0.25, -0.2) is 9.50 Å². The lowest BCUT2D eigenvalue weighted by atomic mass is 10.1. The van der Waals surface area contributed by atoms with E-state index in [1.807, 2.05) is 16.6 Å². The lowest BCUT2D eigenvalue weighted by Gasteiger charge is -2.10. The molecule has 2 aromatic rings. The zero-order valence-corrected chi connectivity index (χ0v) is 10.4. The number of aromatic nitrogens is 3. The minimum atomic E-state index is 0.509. The monoisotopic (exact) mass is 230 g/mol. The molecule has 0 amide bonds. The van der Waals surface area contributed by atoms with E-state index < -0.39 is 0 Å². The van der Waals surface area contributed by atoms with Crippen LogP contribution in [0, 0.1) is 6.92 Å². The molecule has 1 fully saturated rings. The Morgan fingerprint density at radius 2 is 2.29 bits per heavy atom. The molecule has 0 saturated carbocycles. The normalized spacial score (nSPS) is 21.4. The van der Waals surface area contributed by atoms with Crippen LogP contribution in [0.4, 0.5) is 0 Å². The van der Waals surface area contributed by atoms with Gasteiger partial charge < -0.3 is 4.90 Å². The second kappa shape index (κ2) is 4.11. The summed E-state index contributed by atoms with van der Waals surface area (Å²) in [6.45, 7) is 7.69. The molecule has 0 radical (unpaired) electrons. The van der Waals surface area contributed by atoms with Crippen molar-refractivity contribution in [1.29, 1.82) is 0 Å². The lowest BCUT2D eigenvalue weighted by Crippen LogP contribution is -2.19. The van der Waals surface area contributed by atoms with Gasteiger partial charge in [0.05, 0.1) is 0 Å².